The first-order chi connectivity index (χ1) is 8.24. The number of furan rings is 1. The molecule has 1 aliphatic heterocycles. The van der Waals surface area contributed by atoms with Crippen LogP contribution >= 0.6 is 0 Å². The van der Waals surface area contributed by atoms with Crippen molar-refractivity contribution in [2.45, 2.75) is 25.4 Å². The highest BCUT2D eigenvalue weighted by Crippen LogP contribution is 2.10. The lowest BCUT2D eigenvalue weighted by atomic mass is 10.2. The molecule has 0 saturated carbocycles. The van der Waals surface area contributed by atoms with E-state index in [1.807, 2.05) is 12.1 Å². The summed E-state index contributed by atoms with van der Waals surface area (Å²) < 4.78 is 5.31. The van der Waals surface area contributed by atoms with Crippen LogP contribution in [0.2, 0.25) is 0 Å². The van der Waals surface area contributed by atoms with Gasteiger partial charge in [-0.25, -0.2) is 0 Å². The van der Waals surface area contributed by atoms with E-state index in [4.69, 9.17) is 9.52 Å². The summed E-state index contributed by atoms with van der Waals surface area (Å²) in [6.45, 7) is 3.37. The summed E-state index contributed by atoms with van der Waals surface area (Å²) in [5, 5.41) is 12.1. The van der Waals surface area contributed by atoms with E-state index >= 15 is 0 Å². The van der Waals surface area contributed by atoms with Crippen LogP contribution in [0.5, 0.6) is 0 Å². The summed E-state index contributed by atoms with van der Waals surface area (Å²) >= 11 is 0. The van der Waals surface area contributed by atoms with Crippen LogP contribution in [0.15, 0.2) is 22.8 Å². The number of nitrogens with one attached hydrogen (secondary N) is 1. The highest BCUT2D eigenvalue weighted by molar-refractivity contribution is 5.67. The monoisotopic (exact) mass is 238 g/mol. The van der Waals surface area contributed by atoms with Crippen molar-refractivity contribution in [1.29, 1.82) is 0 Å². The van der Waals surface area contributed by atoms with Crippen molar-refractivity contribution in [3.63, 3.8) is 0 Å². The molecule has 0 bridgehead atoms. The SMILES string of the molecule is O=C(O)CC1CN(Cc2ccco2)CCCN1. The van der Waals surface area contributed by atoms with Gasteiger partial charge in [0.05, 0.1) is 19.2 Å². The van der Waals surface area contributed by atoms with E-state index in [9.17, 15) is 4.79 Å². The third-order valence-electron chi connectivity index (χ3n) is 2.94. The fraction of sp³-hybridized carbons (Fsp3) is 0.583. The van der Waals surface area contributed by atoms with E-state index < -0.39 is 5.97 Å². The summed E-state index contributed by atoms with van der Waals surface area (Å²) in [4.78, 5) is 13.0. The fourth-order valence-corrected chi connectivity index (χ4v) is 2.19. The summed E-state index contributed by atoms with van der Waals surface area (Å²) in [7, 11) is 0. The average Bonchev–Trinajstić information content (AvgIpc) is 2.66. The van der Waals surface area contributed by atoms with Gasteiger partial charge in [0.2, 0.25) is 0 Å². The normalized spacial score (nSPS) is 22.2. The van der Waals surface area contributed by atoms with Crippen molar-refractivity contribution < 1.29 is 14.3 Å². The number of aliphatic carboxylic acids is 1. The van der Waals surface area contributed by atoms with E-state index in [0.29, 0.717) is 0 Å². The molecule has 0 aliphatic carbocycles. The van der Waals surface area contributed by atoms with Gasteiger partial charge in [-0.05, 0) is 31.6 Å². The molecule has 1 saturated heterocycles. The number of carboxylic acid groups (broad SMARTS) is 1. The minimum atomic E-state index is -0.748. The number of rotatable bonds is 4. The predicted molar refractivity (Wildman–Crippen MR) is 62.6 cm³/mol. The first-order valence-corrected chi connectivity index (χ1v) is 5.94. The van der Waals surface area contributed by atoms with E-state index in [0.717, 1.165) is 38.4 Å². The summed E-state index contributed by atoms with van der Waals surface area (Å²) in [6.07, 6.45) is 2.88. The topological polar surface area (TPSA) is 65.7 Å². The highest BCUT2D eigenvalue weighted by atomic mass is 16.4. The molecule has 1 unspecified atom stereocenters. The van der Waals surface area contributed by atoms with Gasteiger partial charge in [-0.2, -0.15) is 0 Å². The summed E-state index contributed by atoms with van der Waals surface area (Å²) in [5.74, 6) is 0.184. The Hall–Kier alpha value is -1.33. The van der Waals surface area contributed by atoms with Crippen molar-refractivity contribution in [3.8, 4) is 0 Å². The zero-order valence-corrected chi connectivity index (χ0v) is 9.76. The Morgan fingerprint density at radius 1 is 1.65 bits per heavy atom. The van der Waals surface area contributed by atoms with Crippen LogP contribution in [0.4, 0.5) is 0 Å². The Bertz CT molecular complexity index is 351. The standard InChI is InChI=1S/C12H18N2O3/c15-12(16)7-10-8-14(5-2-4-13-10)9-11-3-1-6-17-11/h1,3,6,10,13H,2,4-5,7-9H2,(H,15,16). The number of carboxylic acids is 1. The lowest BCUT2D eigenvalue weighted by molar-refractivity contribution is -0.137. The van der Waals surface area contributed by atoms with Gasteiger partial charge in [-0.3, -0.25) is 9.69 Å². The van der Waals surface area contributed by atoms with Gasteiger partial charge in [0, 0.05) is 12.6 Å². The first-order valence-electron chi connectivity index (χ1n) is 5.94. The molecule has 1 fully saturated rings. The van der Waals surface area contributed by atoms with Gasteiger partial charge in [-0.15, -0.1) is 0 Å². The van der Waals surface area contributed by atoms with Crippen molar-refractivity contribution in [1.82, 2.24) is 10.2 Å². The molecule has 5 heteroatoms. The van der Waals surface area contributed by atoms with Crippen LogP contribution in [-0.4, -0.2) is 41.7 Å². The van der Waals surface area contributed by atoms with Gasteiger partial charge in [0.15, 0.2) is 0 Å². The minimum absolute atomic E-state index is 0.0324. The Morgan fingerprint density at radius 2 is 2.53 bits per heavy atom. The van der Waals surface area contributed by atoms with Gasteiger partial charge >= 0.3 is 5.97 Å². The molecule has 1 aliphatic rings. The van der Waals surface area contributed by atoms with Crippen LogP contribution in [0.25, 0.3) is 0 Å². The van der Waals surface area contributed by atoms with E-state index in [1.54, 1.807) is 6.26 Å². The van der Waals surface area contributed by atoms with Crippen LogP contribution in [0, 0.1) is 0 Å². The molecule has 0 aromatic carbocycles. The molecule has 17 heavy (non-hydrogen) atoms. The Morgan fingerprint density at radius 3 is 3.24 bits per heavy atom. The molecule has 0 radical (unpaired) electrons. The quantitative estimate of drug-likeness (QED) is 0.816. The van der Waals surface area contributed by atoms with Gasteiger partial charge in [-0.1, -0.05) is 0 Å². The van der Waals surface area contributed by atoms with E-state index in [-0.39, 0.29) is 12.5 Å². The largest absolute Gasteiger partial charge is 0.481 e. The van der Waals surface area contributed by atoms with Crippen molar-refractivity contribution in [3.05, 3.63) is 24.2 Å². The molecular formula is C12H18N2O3. The lowest BCUT2D eigenvalue weighted by Crippen LogP contribution is -2.38. The van der Waals surface area contributed by atoms with Gasteiger partial charge in [0.1, 0.15) is 5.76 Å². The maximum atomic E-state index is 10.7. The summed E-state index contributed by atoms with van der Waals surface area (Å²) in [5.41, 5.74) is 0. The molecule has 1 aromatic heterocycles. The second kappa shape index (κ2) is 5.84. The molecule has 2 heterocycles. The first kappa shape index (κ1) is 12.1. The lowest BCUT2D eigenvalue weighted by Gasteiger charge is -2.22. The van der Waals surface area contributed by atoms with Crippen LogP contribution in [-0.2, 0) is 11.3 Å². The molecule has 2 rings (SSSR count). The average molecular weight is 238 g/mol. The molecule has 0 spiro atoms. The molecule has 1 aromatic rings. The zero-order chi connectivity index (χ0) is 12.1. The molecule has 5 nitrogen and oxygen atoms in total. The molecular weight excluding hydrogens is 220 g/mol. The van der Waals surface area contributed by atoms with Gasteiger partial charge in [0.25, 0.3) is 0 Å². The second-order valence-corrected chi connectivity index (χ2v) is 4.42. The van der Waals surface area contributed by atoms with Crippen LogP contribution in [0.3, 0.4) is 0 Å². The van der Waals surface area contributed by atoms with Gasteiger partial charge < -0.3 is 14.8 Å². The number of nitrogens with zero attached hydrogens (tertiary/aromatic N) is 1. The fourth-order valence-electron chi connectivity index (χ4n) is 2.19. The Kier molecular flexibility index (Phi) is 4.17. The molecule has 1 atom stereocenters. The Balaban J connectivity index is 1.90. The molecule has 2 N–H and O–H groups in total. The summed E-state index contributed by atoms with van der Waals surface area (Å²) in [6, 6.07) is 3.86. The van der Waals surface area contributed by atoms with Crippen molar-refractivity contribution in [2.75, 3.05) is 19.6 Å². The van der Waals surface area contributed by atoms with Crippen LogP contribution < -0.4 is 5.32 Å². The zero-order valence-electron chi connectivity index (χ0n) is 9.76. The smallest absolute Gasteiger partial charge is 0.304 e. The van der Waals surface area contributed by atoms with Crippen molar-refractivity contribution in [2.24, 2.45) is 0 Å². The Labute approximate surface area is 100 Å². The number of hydrogen-bond acceptors (Lipinski definition) is 4. The molecule has 0 amide bonds. The minimum Gasteiger partial charge on any atom is -0.481 e. The third-order valence-corrected chi connectivity index (χ3v) is 2.94. The molecule has 94 valence electrons. The maximum Gasteiger partial charge on any atom is 0.304 e. The number of hydrogen-bond donors (Lipinski definition) is 2. The second-order valence-electron chi connectivity index (χ2n) is 4.42. The predicted octanol–water partition coefficient (Wildman–Crippen LogP) is 0.918. The van der Waals surface area contributed by atoms with E-state index in [2.05, 4.69) is 10.2 Å². The maximum absolute atomic E-state index is 10.7. The third kappa shape index (κ3) is 3.87. The van der Waals surface area contributed by atoms with Crippen LogP contribution in [0.1, 0.15) is 18.6 Å². The number of carbonyl (C=O) groups is 1. The van der Waals surface area contributed by atoms with Crippen molar-refractivity contribution >= 4 is 5.97 Å². The highest BCUT2D eigenvalue weighted by Gasteiger charge is 2.20. The van der Waals surface area contributed by atoms with E-state index in [1.165, 1.54) is 0 Å².